The van der Waals surface area contributed by atoms with Crippen LogP contribution in [0, 0.1) is 5.92 Å². The third-order valence-corrected chi connectivity index (χ3v) is 10.6. The van der Waals surface area contributed by atoms with Crippen LogP contribution in [0.2, 0.25) is 0 Å². The molecule has 48 heavy (non-hydrogen) atoms. The summed E-state index contributed by atoms with van der Waals surface area (Å²) in [5, 5.41) is 6.08. The van der Waals surface area contributed by atoms with Crippen molar-refractivity contribution in [2.24, 2.45) is 15.9 Å². The van der Waals surface area contributed by atoms with Crippen molar-refractivity contribution in [2.75, 3.05) is 0 Å². The van der Waals surface area contributed by atoms with E-state index in [9.17, 15) is 0 Å². The molecule has 0 fully saturated rings. The molecule has 2 unspecified atom stereocenters. The van der Waals surface area contributed by atoms with Gasteiger partial charge in [0.15, 0.2) is 0 Å². The molecule has 0 saturated heterocycles. The Morgan fingerprint density at radius 3 is 2.42 bits per heavy atom. The summed E-state index contributed by atoms with van der Waals surface area (Å²) in [5.74, 6) is 1.89. The number of hydrogen-bond donors (Lipinski definition) is 0. The molecule has 226 valence electrons. The monoisotopic (exact) mass is 615 g/mol. The topological polar surface area (TPSA) is 42.8 Å². The number of fused-ring (bicyclic) bond motifs is 9. The van der Waals surface area contributed by atoms with Gasteiger partial charge in [0.05, 0.1) is 22.8 Å². The van der Waals surface area contributed by atoms with Crippen molar-refractivity contribution in [3.63, 3.8) is 0 Å². The van der Waals surface area contributed by atoms with E-state index in [-0.39, 0.29) is 12.0 Å². The average molecular weight is 616 g/mol. The van der Waals surface area contributed by atoms with Gasteiger partial charge < -0.3 is 4.42 Å². The van der Waals surface area contributed by atoms with Gasteiger partial charge in [-0.2, -0.15) is 0 Å². The van der Waals surface area contributed by atoms with E-state index >= 15 is 0 Å². The number of rotatable bonds is 2. The molecule has 4 heteroatoms. The van der Waals surface area contributed by atoms with Gasteiger partial charge in [-0.15, -0.1) is 0 Å². The van der Waals surface area contributed by atoms with E-state index in [0.29, 0.717) is 0 Å². The molecular formula is C44H29N3O. The van der Waals surface area contributed by atoms with Gasteiger partial charge in [-0.3, -0.25) is 4.57 Å². The Balaban J connectivity index is 1.08. The van der Waals surface area contributed by atoms with Gasteiger partial charge in [0.2, 0.25) is 5.96 Å². The van der Waals surface area contributed by atoms with Crippen molar-refractivity contribution in [1.29, 1.82) is 0 Å². The summed E-state index contributed by atoms with van der Waals surface area (Å²) in [6.07, 6.45) is 17.4. The standard InChI is InChI=1S/C44H29N3O/c1-2-10-27(11-3-1)42-31-15-4-6-18-36(31)45-44(46-42)47-37-19-7-5-14-30(37)34-24-28(20-22-38(34)47)29-21-23-39-35(25-29)41-32-16-8-12-26-13-9-17-33(40(26)32)43(41)48-39/h1-2,4-10,12-25,31,36H,3,11H2. The predicted molar refractivity (Wildman–Crippen MR) is 199 cm³/mol. The molecule has 5 aromatic carbocycles. The zero-order chi connectivity index (χ0) is 31.3. The fraction of sp³-hybridized carbons (Fsp3) is 0.0909. The fourth-order valence-corrected chi connectivity index (χ4v) is 8.37. The summed E-state index contributed by atoms with van der Waals surface area (Å²) in [5.41, 5.74) is 11.6. The molecule has 4 nitrogen and oxygen atoms in total. The van der Waals surface area contributed by atoms with Crippen LogP contribution in [0.4, 0.5) is 0 Å². The second kappa shape index (κ2) is 9.76. The highest BCUT2D eigenvalue weighted by Crippen LogP contribution is 2.52. The molecule has 0 saturated carbocycles. The minimum absolute atomic E-state index is 0.0280. The summed E-state index contributed by atoms with van der Waals surface area (Å²) in [4.78, 5) is 10.6. The number of furan rings is 1. The maximum absolute atomic E-state index is 6.52. The highest BCUT2D eigenvalue weighted by molar-refractivity contribution is 6.21. The molecule has 2 aromatic heterocycles. The van der Waals surface area contributed by atoms with Crippen LogP contribution in [0.25, 0.3) is 77.1 Å². The minimum Gasteiger partial charge on any atom is -0.455 e. The van der Waals surface area contributed by atoms with Crippen LogP contribution in [-0.2, 0) is 0 Å². The SMILES string of the molecule is C1=CCCC(C2=NC(n3c4ccccc4c4cc(-c5ccc6oc7c(c6c5)-c5cccc6cccc-7c56)ccc43)=NC3C=CC=CC23)=C1. The highest BCUT2D eigenvalue weighted by Gasteiger charge is 2.32. The molecule has 2 atom stereocenters. The predicted octanol–water partition coefficient (Wildman–Crippen LogP) is 11.1. The molecule has 0 N–H and O–H groups in total. The smallest absolute Gasteiger partial charge is 0.230 e. The molecule has 3 heterocycles. The number of aliphatic imine (C=N–C) groups is 2. The summed E-state index contributed by atoms with van der Waals surface area (Å²) in [6.45, 7) is 0. The Morgan fingerprint density at radius 1 is 0.708 bits per heavy atom. The molecule has 7 aromatic rings. The summed E-state index contributed by atoms with van der Waals surface area (Å²) >= 11 is 0. The minimum atomic E-state index is 0.0280. The Labute approximate surface area is 277 Å². The molecular weight excluding hydrogens is 587 g/mol. The second-order valence-electron chi connectivity index (χ2n) is 13.2. The van der Waals surface area contributed by atoms with Crippen molar-refractivity contribution in [3.05, 3.63) is 145 Å². The summed E-state index contributed by atoms with van der Waals surface area (Å²) in [6, 6.07) is 35.2. The first-order valence-corrected chi connectivity index (χ1v) is 16.8. The van der Waals surface area contributed by atoms with E-state index < -0.39 is 0 Å². The van der Waals surface area contributed by atoms with Crippen molar-refractivity contribution in [2.45, 2.75) is 18.9 Å². The van der Waals surface area contributed by atoms with Crippen LogP contribution in [-0.4, -0.2) is 22.3 Å². The van der Waals surface area contributed by atoms with Gasteiger partial charge in [-0.05, 0) is 70.8 Å². The number of allylic oxidation sites excluding steroid dienone is 6. The number of aromatic nitrogens is 1. The number of benzene rings is 5. The lowest BCUT2D eigenvalue weighted by Gasteiger charge is -2.29. The van der Waals surface area contributed by atoms with Crippen LogP contribution in [0.5, 0.6) is 0 Å². The summed E-state index contributed by atoms with van der Waals surface area (Å²) < 4.78 is 8.78. The van der Waals surface area contributed by atoms with E-state index in [0.717, 1.165) is 52.3 Å². The van der Waals surface area contributed by atoms with Gasteiger partial charge >= 0.3 is 0 Å². The molecule has 11 rings (SSSR count). The van der Waals surface area contributed by atoms with Crippen LogP contribution in [0.1, 0.15) is 12.8 Å². The average Bonchev–Trinajstić information content (AvgIpc) is 3.79. The lowest BCUT2D eigenvalue weighted by molar-refractivity contribution is 0.634. The van der Waals surface area contributed by atoms with E-state index in [2.05, 4.69) is 144 Å². The van der Waals surface area contributed by atoms with Gasteiger partial charge in [0.1, 0.15) is 11.3 Å². The molecule has 0 bridgehead atoms. The fourth-order valence-electron chi connectivity index (χ4n) is 8.37. The van der Waals surface area contributed by atoms with Crippen molar-refractivity contribution < 1.29 is 4.42 Å². The maximum Gasteiger partial charge on any atom is 0.230 e. The molecule has 3 aliphatic carbocycles. The van der Waals surface area contributed by atoms with Gasteiger partial charge in [0.25, 0.3) is 0 Å². The second-order valence-corrected chi connectivity index (χ2v) is 13.2. The van der Waals surface area contributed by atoms with E-state index in [1.54, 1.807) is 0 Å². The first kappa shape index (κ1) is 26.1. The van der Waals surface area contributed by atoms with Crippen LogP contribution < -0.4 is 0 Å². The Hall–Kier alpha value is -6.00. The Bertz CT molecular complexity index is 2740. The van der Waals surface area contributed by atoms with Crippen molar-refractivity contribution in [1.82, 2.24) is 4.57 Å². The normalized spacial score (nSPS) is 19.2. The molecule has 0 radical (unpaired) electrons. The molecule has 0 amide bonds. The number of para-hydroxylation sites is 1. The van der Waals surface area contributed by atoms with Crippen molar-refractivity contribution >= 4 is 55.2 Å². The van der Waals surface area contributed by atoms with E-state index in [1.807, 2.05) is 0 Å². The van der Waals surface area contributed by atoms with Crippen LogP contribution >= 0.6 is 0 Å². The van der Waals surface area contributed by atoms with Crippen molar-refractivity contribution in [3.8, 4) is 33.6 Å². The highest BCUT2D eigenvalue weighted by atomic mass is 16.3. The molecule has 4 aliphatic rings. The third kappa shape index (κ3) is 3.60. The first-order valence-electron chi connectivity index (χ1n) is 16.8. The van der Waals surface area contributed by atoms with Gasteiger partial charge in [-0.1, -0.05) is 109 Å². The molecule has 1 aliphatic heterocycles. The first-order chi connectivity index (χ1) is 23.8. The maximum atomic E-state index is 6.52. The third-order valence-electron chi connectivity index (χ3n) is 10.6. The zero-order valence-corrected chi connectivity index (χ0v) is 26.1. The quantitative estimate of drug-likeness (QED) is 0.191. The van der Waals surface area contributed by atoms with Gasteiger partial charge in [-0.25, -0.2) is 9.98 Å². The number of hydrogen-bond acceptors (Lipinski definition) is 3. The largest absolute Gasteiger partial charge is 0.455 e. The van der Waals surface area contributed by atoms with Gasteiger partial charge in [0, 0.05) is 38.6 Å². The van der Waals surface area contributed by atoms with E-state index in [4.69, 9.17) is 14.4 Å². The van der Waals surface area contributed by atoms with E-state index in [1.165, 1.54) is 54.9 Å². The lowest BCUT2D eigenvalue weighted by Crippen LogP contribution is -2.34. The Kier molecular flexibility index (Phi) is 5.31. The van der Waals surface area contributed by atoms with Crippen LogP contribution in [0.15, 0.2) is 160 Å². The molecule has 0 spiro atoms. The zero-order valence-electron chi connectivity index (χ0n) is 26.1. The van der Waals surface area contributed by atoms with Crippen LogP contribution in [0.3, 0.4) is 0 Å². The number of nitrogens with zero attached hydrogens (tertiary/aromatic N) is 3. The summed E-state index contributed by atoms with van der Waals surface area (Å²) in [7, 11) is 0. The Morgan fingerprint density at radius 2 is 1.52 bits per heavy atom. The lowest BCUT2D eigenvalue weighted by atomic mass is 9.84.